The van der Waals surface area contributed by atoms with Gasteiger partial charge < -0.3 is 4.74 Å². The van der Waals surface area contributed by atoms with Gasteiger partial charge in [-0.25, -0.2) is 4.68 Å². The second-order valence-electron chi connectivity index (χ2n) is 7.89. The lowest BCUT2D eigenvalue weighted by atomic mass is 10.1. The zero-order valence-electron chi connectivity index (χ0n) is 18.9. The second kappa shape index (κ2) is 10.8. The van der Waals surface area contributed by atoms with Crippen LogP contribution in [0.2, 0.25) is 0 Å². The summed E-state index contributed by atoms with van der Waals surface area (Å²) in [6.45, 7) is 2.93. The van der Waals surface area contributed by atoms with Gasteiger partial charge in [0.1, 0.15) is 10.1 Å². The number of thioether (sulfide) groups is 1. The average Bonchev–Trinajstić information content (AvgIpc) is 3.37. The Morgan fingerprint density at radius 1 is 1.06 bits per heavy atom. The molecule has 33 heavy (non-hydrogen) atoms. The molecule has 2 heterocycles. The first-order valence-corrected chi connectivity index (χ1v) is 12.4. The SMILES string of the molecule is CCCCCCOc1ccc(-c2nn(-c3ccccc3)cc2C=C2SC(=S)N(C)C2=O)cc1. The van der Waals surface area contributed by atoms with E-state index in [1.807, 2.05) is 71.6 Å². The van der Waals surface area contributed by atoms with Crippen LogP contribution in [0.3, 0.4) is 0 Å². The van der Waals surface area contributed by atoms with Crippen molar-refractivity contribution < 1.29 is 9.53 Å². The quantitative estimate of drug-likeness (QED) is 0.205. The highest BCUT2D eigenvalue weighted by atomic mass is 32.2. The molecule has 1 amide bonds. The summed E-state index contributed by atoms with van der Waals surface area (Å²) in [5.74, 6) is 0.765. The van der Waals surface area contributed by atoms with Crippen molar-refractivity contribution >= 4 is 40.3 Å². The number of hydrogen-bond donors (Lipinski definition) is 0. The number of rotatable bonds is 9. The third-order valence-corrected chi connectivity index (χ3v) is 6.92. The van der Waals surface area contributed by atoms with E-state index in [9.17, 15) is 4.79 Å². The Balaban J connectivity index is 1.62. The van der Waals surface area contributed by atoms with Crippen LogP contribution < -0.4 is 4.74 Å². The van der Waals surface area contributed by atoms with Crippen LogP contribution in [0.15, 0.2) is 65.7 Å². The average molecular weight is 478 g/mol. The zero-order chi connectivity index (χ0) is 23.2. The maximum atomic E-state index is 12.6. The molecule has 0 saturated carbocycles. The van der Waals surface area contributed by atoms with Gasteiger partial charge in [-0.15, -0.1) is 0 Å². The number of hydrogen-bond acceptors (Lipinski definition) is 5. The molecule has 1 fully saturated rings. The van der Waals surface area contributed by atoms with Gasteiger partial charge in [0.25, 0.3) is 5.91 Å². The summed E-state index contributed by atoms with van der Waals surface area (Å²) in [5, 5.41) is 4.85. The number of para-hydroxylation sites is 1. The van der Waals surface area contributed by atoms with Crippen LogP contribution in [0.25, 0.3) is 23.0 Å². The summed E-state index contributed by atoms with van der Waals surface area (Å²) in [6.07, 6.45) is 8.55. The number of thiocarbonyl (C=S) groups is 1. The standard InChI is InChI=1S/C26H27N3O2S2/c1-3-4-5-9-16-31-22-14-12-19(13-15-22)24-20(17-23-25(30)28(2)26(32)33-23)18-29(27-24)21-10-7-6-8-11-21/h6-8,10-15,17-18H,3-5,9,16H2,1-2H3. The van der Waals surface area contributed by atoms with Crippen molar-refractivity contribution in [1.82, 2.24) is 14.7 Å². The number of unbranched alkanes of at least 4 members (excludes halogenated alkanes) is 3. The Labute approximate surface area is 204 Å². The molecule has 1 aromatic heterocycles. The van der Waals surface area contributed by atoms with Crippen molar-refractivity contribution in [3.63, 3.8) is 0 Å². The van der Waals surface area contributed by atoms with E-state index in [2.05, 4.69) is 6.92 Å². The van der Waals surface area contributed by atoms with Gasteiger partial charge in [-0.2, -0.15) is 5.10 Å². The summed E-state index contributed by atoms with van der Waals surface area (Å²) >= 11 is 6.60. The molecule has 3 aromatic rings. The minimum atomic E-state index is -0.0877. The van der Waals surface area contributed by atoms with E-state index in [1.165, 1.54) is 35.9 Å². The van der Waals surface area contributed by atoms with Crippen LogP contribution in [-0.4, -0.2) is 38.6 Å². The Kier molecular flexibility index (Phi) is 7.62. The van der Waals surface area contributed by atoms with Crippen LogP contribution in [0.1, 0.15) is 38.2 Å². The van der Waals surface area contributed by atoms with Crippen LogP contribution in [0, 0.1) is 0 Å². The molecule has 2 aromatic carbocycles. The maximum absolute atomic E-state index is 12.6. The predicted molar refractivity (Wildman–Crippen MR) is 140 cm³/mol. The topological polar surface area (TPSA) is 47.4 Å². The molecule has 0 bridgehead atoms. The fourth-order valence-corrected chi connectivity index (χ4v) is 4.72. The first-order valence-electron chi connectivity index (χ1n) is 11.2. The molecule has 5 nitrogen and oxygen atoms in total. The molecule has 170 valence electrons. The van der Waals surface area contributed by atoms with E-state index in [-0.39, 0.29) is 5.91 Å². The molecule has 7 heteroatoms. The normalized spacial score (nSPS) is 15.0. The summed E-state index contributed by atoms with van der Waals surface area (Å²) < 4.78 is 8.29. The minimum Gasteiger partial charge on any atom is -0.494 e. The molecule has 1 saturated heterocycles. The number of likely N-dealkylation sites (N-methyl/N-ethyl adjacent to an activating group) is 1. The molecule has 4 rings (SSSR count). The molecular formula is C26H27N3O2S2. The smallest absolute Gasteiger partial charge is 0.265 e. The third-order valence-electron chi connectivity index (χ3n) is 5.43. The number of carbonyl (C=O) groups excluding carboxylic acids is 1. The lowest BCUT2D eigenvalue weighted by Gasteiger charge is -2.07. The monoisotopic (exact) mass is 477 g/mol. The Morgan fingerprint density at radius 3 is 2.48 bits per heavy atom. The fourth-order valence-electron chi connectivity index (χ4n) is 3.54. The summed E-state index contributed by atoms with van der Waals surface area (Å²) in [5.41, 5.74) is 3.57. The number of benzene rings is 2. The van der Waals surface area contributed by atoms with E-state index in [0.717, 1.165) is 41.3 Å². The van der Waals surface area contributed by atoms with Crippen molar-refractivity contribution in [2.75, 3.05) is 13.7 Å². The van der Waals surface area contributed by atoms with E-state index < -0.39 is 0 Å². The van der Waals surface area contributed by atoms with Crippen LogP contribution in [0.4, 0.5) is 0 Å². The van der Waals surface area contributed by atoms with Crippen molar-refractivity contribution in [2.45, 2.75) is 32.6 Å². The van der Waals surface area contributed by atoms with Crippen LogP contribution >= 0.6 is 24.0 Å². The van der Waals surface area contributed by atoms with Gasteiger partial charge in [-0.3, -0.25) is 9.69 Å². The van der Waals surface area contributed by atoms with Crippen molar-refractivity contribution in [2.24, 2.45) is 0 Å². The van der Waals surface area contributed by atoms with Gasteiger partial charge in [0.15, 0.2) is 0 Å². The van der Waals surface area contributed by atoms with Crippen molar-refractivity contribution in [3.8, 4) is 22.7 Å². The number of carbonyl (C=O) groups is 1. The third kappa shape index (κ3) is 5.54. The van der Waals surface area contributed by atoms with Crippen molar-refractivity contribution in [3.05, 3.63) is 71.3 Å². The summed E-state index contributed by atoms with van der Waals surface area (Å²) in [4.78, 5) is 14.7. The Bertz CT molecular complexity index is 1150. The molecule has 0 radical (unpaired) electrons. The molecule has 0 spiro atoms. The molecule has 0 unspecified atom stereocenters. The number of ether oxygens (including phenoxy) is 1. The fraction of sp³-hybridized carbons (Fsp3) is 0.269. The van der Waals surface area contributed by atoms with E-state index in [1.54, 1.807) is 7.05 Å². The highest BCUT2D eigenvalue weighted by Gasteiger charge is 2.29. The van der Waals surface area contributed by atoms with Gasteiger partial charge in [-0.1, -0.05) is 68.4 Å². The van der Waals surface area contributed by atoms with Gasteiger partial charge >= 0.3 is 0 Å². The zero-order valence-corrected chi connectivity index (χ0v) is 20.5. The molecular weight excluding hydrogens is 450 g/mol. The number of aromatic nitrogens is 2. The predicted octanol–water partition coefficient (Wildman–Crippen LogP) is 6.33. The van der Waals surface area contributed by atoms with E-state index in [0.29, 0.717) is 9.23 Å². The lowest BCUT2D eigenvalue weighted by molar-refractivity contribution is -0.121. The highest BCUT2D eigenvalue weighted by molar-refractivity contribution is 8.26. The minimum absolute atomic E-state index is 0.0877. The molecule has 0 aliphatic carbocycles. The molecule has 0 N–H and O–H groups in total. The highest BCUT2D eigenvalue weighted by Crippen LogP contribution is 2.34. The van der Waals surface area contributed by atoms with Crippen LogP contribution in [0.5, 0.6) is 5.75 Å². The van der Waals surface area contributed by atoms with E-state index in [4.69, 9.17) is 22.1 Å². The first-order chi connectivity index (χ1) is 16.1. The Morgan fingerprint density at radius 2 is 1.82 bits per heavy atom. The molecule has 0 atom stereocenters. The Hall–Kier alpha value is -2.90. The van der Waals surface area contributed by atoms with Gasteiger partial charge in [0.05, 0.1) is 22.9 Å². The number of nitrogens with zero attached hydrogens (tertiary/aromatic N) is 3. The maximum Gasteiger partial charge on any atom is 0.265 e. The van der Waals surface area contributed by atoms with E-state index >= 15 is 0 Å². The molecule has 1 aliphatic heterocycles. The lowest BCUT2D eigenvalue weighted by Crippen LogP contribution is -2.22. The van der Waals surface area contributed by atoms with Gasteiger partial charge in [-0.05, 0) is 48.9 Å². The second-order valence-corrected chi connectivity index (χ2v) is 9.56. The first kappa shape index (κ1) is 23.3. The van der Waals surface area contributed by atoms with Gasteiger partial charge in [0.2, 0.25) is 0 Å². The molecule has 1 aliphatic rings. The van der Waals surface area contributed by atoms with Gasteiger partial charge in [0, 0.05) is 24.4 Å². The summed E-state index contributed by atoms with van der Waals surface area (Å²) in [6, 6.07) is 17.9. The number of amides is 1. The summed E-state index contributed by atoms with van der Waals surface area (Å²) in [7, 11) is 1.70. The largest absolute Gasteiger partial charge is 0.494 e. The van der Waals surface area contributed by atoms with Crippen LogP contribution in [-0.2, 0) is 4.79 Å². The van der Waals surface area contributed by atoms with Crippen molar-refractivity contribution in [1.29, 1.82) is 0 Å².